The molecule has 0 fully saturated rings. The highest BCUT2D eigenvalue weighted by atomic mass is 32.2. The number of hydrogen-bond acceptors (Lipinski definition) is 2. The van der Waals surface area contributed by atoms with Crippen LogP contribution in [0.5, 0.6) is 0 Å². The average Bonchev–Trinajstić information content (AvgIpc) is 1.96. The third-order valence-electron chi connectivity index (χ3n) is 1.42. The summed E-state index contributed by atoms with van der Waals surface area (Å²) in [5, 5.41) is 3.16. The molecule has 0 radical (unpaired) electrons. The second kappa shape index (κ2) is 8.41. The molecule has 0 amide bonds. The van der Waals surface area contributed by atoms with Crippen LogP contribution >= 0.6 is 11.8 Å². The molecule has 0 aliphatic carbocycles. The van der Waals surface area contributed by atoms with E-state index < -0.39 is 0 Å². The zero-order valence-corrected chi connectivity index (χ0v) is 8.84. The quantitative estimate of drug-likeness (QED) is 0.596. The summed E-state index contributed by atoms with van der Waals surface area (Å²) in [7, 11) is 2.02. The van der Waals surface area contributed by atoms with E-state index in [4.69, 9.17) is 0 Å². The maximum absolute atomic E-state index is 3.16. The summed E-state index contributed by atoms with van der Waals surface area (Å²) in [6, 6.07) is 0. The molecule has 0 spiro atoms. The predicted molar refractivity (Wildman–Crippen MR) is 55.3 cm³/mol. The van der Waals surface area contributed by atoms with Gasteiger partial charge in [0.15, 0.2) is 0 Å². The van der Waals surface area contributed by atoms with E-state index >= 15 is 0 Å². The van der Waals surface area contributed by atoms with Crippen LogP contribution in [0.1, 0.15) is 26.7 Å². The highest BCUT2D eigenvalue weighted by Gasteiger charge is 1.93. The topological polar surface area (TPSA) is 12.0 Å². The maximum Gasteiger partial charge on any atom is -0.00444 e. The van der Waals surface area contributed by atoms with Crippen molar-refractivity contribution in [2.45, 2.75) is 26.7 Å². The number of thioether (sulfide) groups is 1. The molecule has 1 N–H and O–H groups in total. The van der Waals surface area contributed by atoms with Gasteiger partial charge in [-0.15, -0.1) is 0 Å². The van der Waals surface area contributed by atoms with Gasteiger partial charge in [0.1, 0.15) is 0 Å². The monoisotopic (exact) mass is 175 g/mol. The number of rotatable bonds is 7. The highest BCUT2D eigenvalue weighted by molar-refractivity contribution is 7.99. The van der Waals surface area contributed by atoms with E-state index in [-0.39, 0.29) is 0 Å². The zero-order chi connectivity index (χ0) is 8.53. The second-order valence-corrected chi connectivity index (χ2v) is 4.43. The summed E-state index contributed by atoms with van der Waals surface area (Å²) < 4.78 is 0. The van der Waals surface area contributed by atoms with Crippen LogP contribution < -0.4 is 5.32 Å². The maximum atomic E-state index is 3.16. The van der Waals surface area contributed by atoms with Crippen molar-refractivity contribution in [1.29, 1.82) is 0 Å². The molecule has 0 aromatic rings. The molecule has 0 saturated heterocycles. The molecule has 1 nitrogen and oxygen atoms in total. The van der Waals surface area contributed by atoms with E-state index in [9.17, 15) is 0 Å². The van der Waals surface area contributed by atoms with Crippen LogP contribution in [0.4, 0.5) is 0 Å². The molecular formula is C9H21NS. The molecule has 0 aromatic heterocycles. The highest BCUT2D eigenvalue weighted by Crippen LogP contribution is 2.09. The first-order valence-corrected chi connectivity index (χ1v) is 5.65. The Bertz CT molecular complexity index is 74.0. The van der Waals surface area contributed by atoms with Crippen LogP contribution in [-0.4, -0.2) is 25.1 Å². The van der Waals surface area contributed by atoms with Gasteiger partial charge in [0, 0.05) is 0 Å². The Morgan fingerprint density at radius 3 is 2.55 bits per heavy atom. The van der Waals surface area contributed by atoms with Gasteiger partial charge in [0.2, 0.25) is 0 Å². The molecule has 0 heterocycles. The Kier molecular flexibility index (Phi) is 8.64. The van der Waals surface area contributed by atoms with Gasteiger partial charge in [-0.3, -0.25) is 0 Å². The third-order valence-corrected chi connectivity index (χ3v) is 2.90. The van der Waals surface area contributed by atoms with Crippen LogP contribution in [0.25, 0.3) is 0 Å². The van der Waals surface area contributed by atoms with Crippen molar-refractivity contribution in [2.75, 3.05) is 25.1 Å². The number of hydrogen-bond donors (Lipinski definition) is 1. The summed E-state index contributed by atoms with van der Waals surface area (Å²) in [6.07, 6.45) is 2.68. The Labute approximate surface area is 75.3 Å². The predicted octanol–water partition coefficient (Wildman–Crippen LogP) is 2.38. The van der Waals surface area contributed by atoms with E-state index in [0.717, 1.165) is 5.92 Å². The van der Waals surface area contributed by atoms with Gasteiger partial charge in [-0.1, -0.05) is 13.8 Å². The SMILES string of the molecule is CNCCCCSCC(C)C. The van der Waals surface area contributed by atoms with Crippen molar-refractivity contribution in [3.63, 3.8) is 0 Å². The molecule has 0 atom stereocenters. The van der Waals surface area contributed by atoms with Crippen molar-refractivity contribution in [1.82, 2.24) is 5.32 Å². The van der Waals surface area contributed by atoms with E-state index in [1.807, 2.05) is 7.05 Å². The molecule has 0 aliphatic heterocycles. The second-order valence-electron chi connectivity index (χ2n) is 3.28. The van der Waals surface area contributed by atoms with Crippen LogP contribution in [-0.2, 0) is 0 Å². The van der Waals surface area contributed by atoms with Gasteiger partial charge in [-0.2, -0.15) is 11.8 Å². The number of nitrogens with one attached hydrogen (secondary N) is 1. The summed E-state index contributed by atoms with van der Waals surface area (Å²) in [6.45, 7) is 5.73. The Morgan fingerprint density at radius 2 is 2.00 bits per heavy atom. The smallest absolute Gasteiger partial charge is 0.00444 e. The van der Waals surface area contributed by atoms with Crippen molar-refractivity contribution in [3.8, 4) is 0 Å². The van der Waals surface area contributed by atoms with Crippen LogP contribution in [0, 0.1) is 5.92 Å². The standard InChI is InChI=1S/C9H21NS/c1-9(2)8-11-7-5-4-6-10-3/h9-10H,4-8H2,1-3H3. The lowest BCUT2D eigenvalue weighted by atomic mass is 10.3. The minimum absolute atomic E-state index is 0.851. The molecule has 2 heteroatoms. The van der Waals surface area contributed by atoms with Gasteiger partial charge in [0.25, 0.3) is 0 Å². The molecule has 0 saturated carbocycles. The lowest BCUT2D eigenvalue weighted by molar-refractivity contribution is 0.712. The Morgan fingerprint density at radius 1 is 1.27 bits per heavy atom. The summed E-state index contributed by atoms with van der Waals surface area (Å²) in [4.78, 5) is 0. The lowest BCUT2D eigenvalue weighted by Gasteiger charge is -2.03. The summed E-state index contributed by atoms with van der Waals surface area (Å²) >= 11 is 2.08. The largest absolute Gasteiger partial charge is 0.320 e. The molecular weight excluding hydrogens is 154 g/mol. The van der Waals surface area contributed by atoms with Crippen LogP contribution in [0.15, 0.2) is 0 Å². The normalized spacial score (nSPS) is 10.9. The minimum Gasteiger partial charge on any atom is -0.320 e. The van der Waals surface area contributed by atoms with Crippen molar-refractivity contribution in [2.24, 2.45) is 5.92 Å². The average molecular weight is 175 g/mol. The Balaban J connectivity index is 2.80. The third kappa shape index (κ3) is 10.3. The van der Waals surface area contributed by atoms with Crippen molar-refractivity contribution < 1.29 is 0 Å². The van der Waals surface area contributed by atoms with Gasteiger partial charge in [0.05, 0.1) is 0 Å². The van der Waals surface area contributed by atoms with Crippen molar-refractivity contribution in [3.05, 3.63) is 0 Å². The summed E-state index contributed by atoms with van der Waals surface area (Å²) in [5.41, 5.74) is 0. The van der Waals surface area contributed by atoms with Gasteiger partial charge >= 0.3 is 0 Å². The van der Waals surface area contributed by atoms with Crippen molar-refractivity contribution >= 4 is 11.8 Å². The first-order valence-electron chi connectivity index (χ1n) is 4.49. The molecule has 0 unspecified atom stereocenters. The molecule has 0 rings (SSSR count). The van der Waals surface area contributed by atoms with E-state index in [0.29, 0.717) is 0 Å². The number of unbranched alkanes of at least 4 members (excludes halogenated alkanes) is 1. The molecule has 0 aromatic carbocycles. The first-order chi connectivity index (χ1) is 5.27. The molecule has 0 bridgehead atoms. The fourth-order valence-electron chi connectivity index (χ4n) is 0.825. The zero-order valence-electron chi connectivity index (χ0n) is 8.02. The van der Waals surface area contributed by atoms with Gasteiger partial charge in [-0.25, -0.2) is 0 Å². The molecule has 11 heavy (non-hydrogen) atoms. The Hall–Kier alpha value is 0.310. The minimum atomic E-state index is 0.851. The van der Waals surface area contributed by atoms with E-state index in [1.54, 1.807) is 0 Å². The fourth-order valence-corrected chi connectivity index (χ4v) is 1.87. The summed E-state index contributed by atoms with van der Waals surface area (Å²) in [5.74, 6) is 3.50. The molecule has 68 valence electrons. The fraction of sp³-hybridized carbons (Fsp3) is 1.00. The van der Waals surface area contributed by atoms with E-state index in [2.05, 4.69) is 30.9 Å². The van der Waals surface area contributed by atoms with Crippen LogP contribution in [0.2, 0.25) is 0 Å². The first kappa shape index (κ1) is 11.3. The van der Waals surface area contributed by atoms with Gasteiger partial charge in [-0.05, 0) is 43.9 Å². The van der Waals surface area contributed by atoms with E-state index in [1.165, 1.54) is 30.9 Å². The van der Waals surface area contributed by atoms with Crippen LogP contribution in [0.3, 0.4) is 0 Å². The van der Waals surface area contributed by atoms with Gasteiger partial charge < -0.3 is 5.32 Å². The molecule has 0 aliphatic rings. The lowest BCUT2D eigenvalue weighted by Crippen LogP contribution is -2.07.